The van der Waals surface area contributed by atoms with Gasteiger partial charge in [-0.15, -0.1) is 0 Å². The number of nitrogens with one attached hydrogen (secondary N) is 1. The quantitative estimate of drug-likeness (QED) is 0.550. The van der Waals surface area contributed by atoms with E-state index in [-0.39, 0.29) is 17.7 Å². The molecule has 3 rings (SSSR count). The van der Waals surface area contributed by atoms with Crippen LogP contribution in [0.5, 0.6) is 0 Å². The van der Waals surface area contributed by atoms with Crippen molar-refractivity contribution < 1.29 is 9.59 Å². The SMILES string of the molecule is O=C(Nc1cccc(I)c1)C1CCN(C(=O)/C=C/c2ccccc2)CC1. The second-order valence-corrected chi connectivity index (χ2v) is 7.59. The molecule has 134 valence electrons. The van der Waals surface area contributed by atoms with Crippen molar-refractivity contribution >= 4 is 46.2 Å². The summed E-state index contributed by atoms with van der Waals surface area (Å²) >= 11 is 2.23. The lowest BCUT2D eigenvalue weighted by molar-refractivity contribution is -0.130. The minimum Gasteiger partial charge on any atom is -0.339 e. The van der Waals surface area contributed by atoms with Crippen LogP contribution in [0.15, 0.2) is 60.7 Å². The summed E-state index contributed by atoms with van der Waals surface area (Å²) in [6.07, 6.45) is 4.83. The van der Waals surface area contributed by atoms with Gasteiger partial charge in [0.1, 0.15) is 0 Å². The number of amides is 2. The van der Waals surface area contributed by atoms with Crippen LogP contribution in [0.4, 0.5) is 5.69 Å². The van der Waals surface area contributed by atoms with Crippen LogP contribution in [0, 0.1) is 9.49 Å². The van der Waals surface area contributed by atoms with E-state index >= 15 is 0 Å². The van der Waals surface area contributed by atoms with Crippen molar-refractivity contribution in [1.29, 1.82) is 0 Å². The van der Waals surface area contributed by atoms with Crippen LogP contribution >= 0.6 is 22.6 Å². The van der Waals surface area contributed by atoms with Gasteiger partial charge >= 0.3 is 0 Å². The van der Waals surface area contributed by atoms with Gasteiger partial charge in [0.05, 0.1) is 0 Å². The summed E-state index contributed by atoms with van der Waals surface area (Å²) in [5, 5.41) is 2.98. The number of carbonyl (C=O) groups is 2. The van der Waals surface area contributed by atoms with Gasteiger partial charge in [-0.1, -0.05) is 36.4 Å². The molecule has 1 aliphatic heterocycles. The van der Waals surface area contributed by atoms with Crippen LogP contribution in [-0.4, -0.2) is 29.8 Å². The van der Waals surface area contributed by atoms with Crippen molar-refractivity contribution in [1.82, 2.24) is 4.90 Å². The maximum atomic E-state index is 12.4. The zero-order chi connectivity index (χ0) is 18.4. The van der Waals surface area contributed by atoms with Crippen LogP contribution in [0.1, 0.15) is 18.4 Å². The number of anilines is 1. The van der Waals surface area contributed by atoms with Crippen molar-refractivity contribution in [2.45, 2.75) is 12.8 Å². The molecule has 1 N–H and O–H groups in total. The third kappa shape index (κ3) is 5.17. The van der Waals surface area contributed by atoms with Crippen molar-refractivity contribution in [3.05, 3.63) is 69.8 Å². The number of piperidine rings is 1. The van der Waals surface area contributed by atoms with E-state index < -0.39 is 0 Å². The number of hydrogen-bond acceptors (Lipinski definition) is 2. The van der Waals surface area contributed by atoms with Crippen LogP contribution in [-0.2, 0) is 9.59 Å². The highest BCUT2D eigenvalue weighted by Gasteiger charge is 2.26. The average molecular weight is 460 g/mol. The van der Waals surface area contributed by atoms with Crippen LogP contribution < -0.4 is 5.32 Å². The molecular weight excluding hydrogens is 439 g/mol. The highest BCUT2D eigenvalue weighted by molar-refractivity contribution is 14.1. The summed E-state index contributed by atoms with van der Waals surface area (Å²) in [5.74, 6) is -0.000675. The molecule has 1 saturated heterocycles. The molecular formula is C21H21IN2O2. The maximum Gasteiger partial charge on any atom is 0.246 e. The largest absolute Gasteiger partial charge is 0.339 e. The van der Waals surface area contributed by atoms with Gasteiger partial charge in [-0.3, -0.25) is 9.59 Å². The predicted molar refractivity (Wildman–Crippen MR) is 113 cm³/mol. The molecule has 4 nitrogen and oxygen atoms in total. The first kappa shape index (κ1) is 18.6. The normalized spacial score (nSPS) is 15.2. The van der Waals surface area contributed by atoms with E-state index in [0.717, 1.165) is 14.8 Å². The van der Waals surface area contributed by atoms with E-state index in [9.17, 15) is 9.59 Å². The van der Waals surface area contributed by atoms with E-state index in [1.807, 2.05) is 65.6 Å². The second kappa shape index (κ2) is 8.98. The van der Waals surface area contributed by atoms with E-state index in [4.69, 9.17) is 0 Å². The smallest absolute Gasteiger partial charge is 0.246 e. The standard InChI is InChI=1S/C21H21IN2O2/c22-18-7-4-8-19(15-18)23-21(26)17-11-13-24(14-12-17)20(25)10-9-16-5-2-1-3-6-16/h1-10,15,17H,11-14H2,(H,23,26)/b10-9+. The Morgan fingerprint density at radius 1 is 1.04 bits per heavy atom. The van der Waals surface area contributed by atoms with Crippen molar-refractivity contribution in [2.75, 3.05) is 18.4 Å². The molecule has 0 radical (unpaired) electrons. The molecule has 2 amide bonds. The fourth-order valence-electron chi connectivity index (χ4n) is 3.01. The molecule has 0 spiro atoms. The van der Waals surface area contributed by atoms with E-state index in [0.29, 0.717) is 25.9 Å². The Hall–Kier alpha value is -2.15. The molecule has 2 aromatic rings. The molecule has 5 heteroatoms. The Kier molecular flexibility index (Phi) is 6.44. The van der Waals surface area contributed by atoms with Gasteiger partial charge in [-0.2, -0.15) is 0 Å². The molecule has 0 saturated carbocycles. The number of halogens is 1. The zero-order valence-electron chi connectivity index (χ0n) is 14.4. The van der Waals surface area contributed by atoms with Crippen LogP contribution in [0.25, 0.3) is 6.08 Å². The monoisotopic (exact) mass is 460 g/mol. The molecule has 0 aliphatic carbocycles. The van der Waals surface area contributed by atoms with Gasteiger partial charge in [0.15, 0.2) is 0 Å². The van der Waals surface area contributed by atoms with Gasteiger partial charge < -0.3 is 10.2 Å². The molecule has 0 atom stereocenters. The topological polar surface area (TPSA) is 49.4 Å². The van der Waals surface area contributed by atoms with Gasteiger partial charge in [0, 0.05) is 34.3 Å². The first-order chi connectivity index (χ1) is 12.6. The number of carbonyl (C=O) groups excluding carboxylic acids is 2. The fourth-order valence-corrected chi connectivity index (χ4v) is 3.55. The maximum absolute atomic E-state index is 12.4. The molecule has 1 aliphatic rings. The summed E-state index contributed by atoms with van der Waals surface area (Å²) in [4.78, 5) is 26.6. The van der Waals surface area contributed by atoms with E-state index in [1.54, 1.807) is 6.08 Å². The minimum absolute atomic E-state index is 0.00493. The lowest BCUT2D eigenvalue weighted by Gasteiger charge is -2.30. The number of nitrogens with zero attached hydrogens (tertiary/aromatic N) is 1. The molecule has 1 heterocycles. The first-order valence-corrected chi connectivity index (χ1v) is 9.78. The Morgan fingerprint density at radius 2 is 1.77 bits per heavy atom. The molecule has 1 fully saturated rings. The number of hydrogen-bond donors (Lipinski definition) is 1. The molecule has 0 unspecified atom stereocenters. The molecule has 0 bridgehead atoms. The summed E-state index contributed by atoms with van der Waals surface area (Å²) in [6, 6.07) is 17.5. The Balaban J connectivity index is 1.49. The lowest BCUT2D eigenvalue weighted by Crippen LogP contribution is -2.40. The lowest BCUT2D eigenvalue weighted by atomic mass is 9.95. The molecule has 2 aromatic carbocycles. The average Bonchev–Trinajstić information content (AvgIpc) is 2.67. The highest BCUT2D eigenvalue weighted by atomic mass is 127. The van der Waals surface area contributed by atoms with Gasteiger partial charge in [0.2, 0.25) is 11.8 Å². The Bertz CT molecular complexity index is 797. The first-order valence-electron chi connectivity index (χ1n) is 8.70. The third-order valence-electron chi connectivity index (χ3n) is 4.49. The van der Waals surface area contributed by atoms with Gasteiger partial charge in [-0.05, 0) is 65.3 Å². The highest BCUT2D eigenvalue weighted by Crippen LogP contribution is 2.21. The number of likely N-dealkylation sites (tertiary alicyclic amines) is 1. The zero-order valence-corrected chi connectivity index (χ0v) is 16.6. The van der Waals surface area contributed by atoms with Crippen LogP contribution in [0.3, 0.4) is 0 Å². The van der Waals surface area contributed by atoms with Crippen LogP contribution in [0.2, 0.25) is 0 Å². The third-order valence-corrected chi connectivity index (χ3v) is 5.16. The predicted octanol–water partition coefficient (Wildman–Crippen LogP) is 4.18. The Morgan fingerprint density at radius 3 is 2.46 bits per heavy atom. The summed E-state index contributed by atoms with van der Waals surface area (Å²) in [5.41, 5.74) is 1.83. The van der Waals surface area contributed by atoms with Crippen molar-refractivity contribution in [3.8, 4) is 0 Å². The van der Waals surface area contributed by atoms with Gasteiger partial charge in [-0.25, -0.2) is 0 Å². The molecule has 0 aromatic heterocycles. The van der Waals surface area contributed by atoms with E-state index in [1.165, 1.54) is 0 Å². The second-order valence-electron chi connectivity index (χ2n) is 6.34. The van der Waals surface area contributed by atoms with Crippen molar-refractivity contribution in [3.63, 3.8) is 0 Å². The summed E-state index contributed by atoms with van der Waals surface area (Å²) in [7, 11) is 0. The Labute approximate surface area is 167 Å². The van der Waals surface area contributed by atoms with Crippen molar-refractivity contribution in [2.24, 2.45) is 5.92 Å². The molecule has 26 heavy (non-hydrogen) atoms. The minimum atomic E-state index is -0.0463. The van der Waals surface area contributed by atoms with Gasteiger partial charge in [0.25, 0.3) is 0 Å². The summed E-state index contributed by atoms with van der Waals surface area (Å²) < 4.78 is 1.09. The number of rotatable bonds is 4. The summed E-state index contributed by atoms with van der Waals surface area (Å²) in [6.45, 7) is 1.23. The van der Waals surface area contributed by atoms with E-state index in [2.05, 4.69) is 27.9 Å². The number of benzene rings is 2. The fraction of sp³-hybridized carbons (Fsp3) is 0.238.